The van der Waals surface area contributed by atoms with Gasteiger partial charge in [0.2, 0.25) is 0 Å². The molecule has 0 heterocycles. The van der Waals surface area contributed by atoms with E-state index < -0.39 is 46.4 Å². The van der Waals surface area contributed by atoms with Crippen molar-refractivity contribution in [3.05, 3.63) is 0 Å². The van der Waals surface area contributed by atoms with Gasteiger partial charge in [-0.2, -0.15) is 43.9 Å². The highest BCUT2D eigenvalue weighted by molar-refractivity contribution is 14.1. The Bertz CT molecular complexity index is 402. The minimum absolute atomic E-state index is 0.0623. The average molecular weight is 450 g/mol. The molecule has 0 spiro atoms. The minimum Gasteiger partial charge on any atom is -0.481 e. The largest absolute Gasteiger partial charge is 0.481 e. The Labute approximate surface area is 123 Å². The van der Waals surface area contributed by atoms with Crippen LogP contribution in [0.2, 0.25) is 0 Å². The van der Waals surface area contributed by atoms with Gasteiger partial charge < -0.3 is 5.11 Å². The summed E-state index contributed by atoms with van der Waals surface area (Å²) in [6, 6.07) is 0. The van der Waals surface area contributed by atoms with Crippen LogP contribution in [0.4, 0.5) is 43.9 Å². The van der Waals surface area contributed by atoms with Gasteiger partial charge in [0.25, 0.3) is 0 Å². The number of carboxylic acid groups (broad SMARTS) is 1. The standard InChI is InChI=1S/C8H5F10IO2/c9-4(10,1-3(20)21)7(15,16)8(17,18)5(11,12)2-6(13,14)19/h1-2H2,(H,20,21). The van der Waals surface area contributed by atoms with E-state index >= 15 is 0 Å². The van der Waals surface area contributed by atoms with E-state index in [1.807, 2.05) is 0 Å². The molecule has 0 unspecified atom stereocenters. The summed E-state index contributed by atoms with van der Waals surface area (Å²) in [6.07, 6.45) is -6.02. The number of carboxylic acids is 1. The van der Waals surface area contributed by atoms with Crippen molar-refractivity contribution in [2.24, 2.45) is 0 Å². The van der Waals surface area contributed by atoms with Gasteiger partial charge in [-0.25, -0.2) is 0 Å². The number of rotatable bonds is 7. The van der Waals surface area contributed by atoms with Crippen LogP contribution in [0.25, 0.3) is 0 Å². The molecule has 13 heteroatoms. The maximum atomic E-state index is 12.9. The second-order valence-corrected chi connectivity index (χ2v) is 5.50. The van der Waals surface area contributed by atoms with Crippen LogP contribution in [0, 0.1) is 0 Å². The zero-order valence-corrected chi connectivity index (χ0v) is 11.6. The van der Waals surface area contributed by atoms with E-state index in [1.54, 1.807) is 0 Å². The summed E-state index contributed by atoms with van der Waals surface area (Å²) >= 11 is -0.0623. The molecule has 0 rings (SSSR count). The van der Waals surface area contributed by atoms with E-state index in [0.29, 0.717) is 0 Å². The van der Waals surface area contributed by atoms with Gasteiger partial charge in [-0.1, -0.05) is 0 Å². The first-order valence-electron chi connectivity index (χ1n) is 4.67. The number of hydrogen-bond donors (Lipinski definition) is 1. The Morgan fingerprint density at radius 3 is 1.43 bits per heavy atom. The summed E-state index contributed by atoms with van der Waals surface area (Å²) in [6.45, 7) is 0. The van der Waals surface area contributed by atoms with Crippen molar-refractivity contribution in [2.75, 3.05) is 0 Å². The molecule has 21 heavy (non-hydrogen) atoms. The van der Waals surface area contributed by atoms with Gasteiger partial charge in [0.05, 0.1) is 6.42 Å². The summed E-state index contributed by atoms with van der Waals surface area (Å²) in [7, 11) is 0. The second kappa shape index (κ2) is 5.61. The van der Waals surface area contributed by atoms with E-state index in [-0.39, 0.29) is 22.6 Å². The van der Waals surface area contributed by atoms with E-state index in [0.717, 1.165) is 0 Å². The van der Waals surface area contributed by atoms with Gasteiger partial charge in [-0.15, -0.1) is 0 Å². The van der Waals surface area contributed by atoms with Gasteiger partial charge in [0.1, 0.15) is 6.42 Å². The molecule has 0 amide bonds. The van der Waals surface area contributed by atoms with Crippen LogP contribution in [0.1, 0.15) is 12.8 Å². The lowest BCUT2D eigenvalue weighted by Gasteiger charge is -2.36. The van der Waals surface area contributed by atoms with Gasteiger partial charge >= 0.3 is 33.6 Å². The molecule has 0 aromatic rings. The Hall–Kier alpha value is -0.500. The number of alkyl halides is 11. The molecular formula is C8H5F10IO2. The zero-order chi connectivity index (χ0) is 17.5. The molecular weight excluding hydrogens is 445 g/mol. The van der Waals surface area contributed by atoms with Crippen molar-refractivity contribution in [3.63, 3.8) is 0 Å². The third-order valence-electron chi connectivity index (χ3n) is 2.11. The molecule has 0 aromatic carbocycles. The quantitative estimate of drug-likeness (QED) is 0.355. The SMILES string of the molecule is O=C(O)CC(F)(F)C(F)(F)C(F)(F)C(F)(F)CC(F)(F)I. The van der Waals surface area contributed by atoms with Gasteiger partial charge in [0, 0.05) is 0 Å². The van der Waals surface area contributed by atoms with Crippen LogP contribution in [0.15, 0.2) is 0 Å². The molecule has 1 N–H and O–H groups in total. The molecule has 0 fully saturated rings. The molecule has 0 bridgehead atoms. The van der Waals surface area contributed by atoms with Crippen LogP contribution < -0.4 is 0 Å². The number of halogens is 11. The third kappa shape index (κ3) is 4.25. The first-order valence-corrected chi connectivity index (χ1v) is 5.75. The number of aliphatic carboxylic acids is 1. The fourth-order valence-electron chi connectivity index (χ4n) is 1.12. The summed E-state index contributed by atoms with van der Waals surface area (Å²) in [5.41, 5.74) is 0. The van der Waals surface area contributed by atoms with Crippen LogP contribution in [0.5, 0.6) is 0 Å². The molecule has 126 valence electrons. The summed E-state index contributed by atoms with van der Waals surface area (Å²) in [5.74, 6) is -28.7. The lowest BCUT2D eigenvalue weighted by atomic mass is 9.95. The van der Waals surface area contributed by atoms with Crippen LogP contribution in [0.3, 0.4) is 0 Å². The van der Waals surface area contributed by atoms with Crippen molar-refractivity contribution < 1.29 is 53.8 Å². The molecule has 0 aromatic heterocycles. The highest BCUT2D eigenvalue weighted by atomic mass is 127. The Morgan fingerprint density at radius 1 is 0.810 bits per heavy atom. The summed E-state index contributed by atoms with van der Waals surface area (Å²) in [5, 5.41) is 7.90. The first kappa shape index (κ1) is 20.5. The normalized spacial score (nSPS) is 15.2. The third-order valence-corrected chi connectivity index (χ3v) is 2.49. The molecule has 0 aliphatic rings. The van der Waals surface area contributed by atoms with Crippen molar-refractivity contribution in [2.45, 2.75) is 40.5 Å². The van der Waals surface area contributed by atoms with E-state index in [9.17, 15) is 48.7 Å². The van der Waals surface area contributed by atoms with Gasteiger partial charge in [-0.3, -0.25) is 4.79 Å². The second-order valence-electron chi connectivity index (χ2n) is 3.92. The van der Waals surface area contributed by atoms with Crippen molar-refractivity contribution >= 4 is 28.6 Å². The molecule has 2 nitrogen and oxygen atoms in total. The predicted octanol–water partition coefficient (Wildman–Crippen LogP) is 4.42. The molecule has 0 radical (unpaired) electrons. The maximum Gasteiger partial charge on any atom is 0.378 e. The topological polar surface area (TPSA) is 37.3 Å². The van der Waals surface area contributed by atoms with Crippen molar-refractivity contribution in [1.82, 2.24) is 0 Å². The van der Waals surface area contributed by atoms with Crippen molar-refractivity contribution in [1.29, 1.82) is 0 Å². The van der Waals surface area contributed by atoms with Crippen LogP contribution in [-0.4, -0.2) is 38.7 Å². The van der Waals surface area contributed by atoms with Gasteiger partial charge in [0.15, 0.2) is 0 Å². The zero-order valence-electron chi connectivity index (χ0n) is 9.43. The van der Waals surface area contributed by atoms with Crippen LogP contribution in [-0.2, 0) is 4.79 Å². The summed E-state index contributed by atoms with van der Waals surface area (Å²) in [4.78, 5) is 9.90. The van der Waals surface area contributed by atoms with E-state index in [1.165, 1.54) is 0 Å². The maximum absolute atomic E-state index is 12.9. The monoisotopic (exact) mass is 450 g/mol. The summed E-state index contributed by atoms with van der Waals surface area (Å²) < 4.78 is 123. The highest BCUT2D eigenvalue weighted by Gasteiger charge is 2.81. The molecule has 0 atom stereocenters. The fraction of sp³-hybridized carbons (Fsp3) is 0.875. The Kier molecular flexibility index (Phi) is 5.47. The van der Waals surface area contributed by atoms with Gasteiger partial charge in [-0.05, 0) is 22.6 Å². The average Bonchev–Trinajstić information content (AvgIpc) is 2.10. The molecule has 0 aliphatic carbocycles. The first-order chi connectivity index (χ1) is 8.87. The molecule has 0 aliphatic heterocycles. The fourth-order valence-corrected chi connectivity index (χ4v) is 1.60. The smallest absolute Gasteiger partial charge is 0.378 e. The number of hydrogen-bond acceptors (Lipinski definition) is 1. The van der Waals surface area contributed by atoms with E-state index in [4.69, 9.17) is 5.11 Å². The Balaban J connectivity index is 5.70. The predicted molar refractivity (Wildman–Crippen MR) is 55.6 cm³/mol. The molecule has 0 saturated heterocycles. The lowest BCUT2D eigenvalue weighted by molar-refractivity contribution is -0.370. The Morgan fingerprint density at radius 2 is 1.14 bits per heavy atom. The lowest BCUT2D eigenvalue weighted by Crippen LogP contribution is -2.63. The van der Waals surface area contributed by atoms with Crippen LogP contribution >= 0.6 is 22.6 Å². The highest BCUT2D eigenvalue weighted by Crippen LogP contribution is 2.56. The minimum atomic E-state index is -6.90. The molecule has 0 saturated carbocycles. The van der Waals surface area contributed by atoms with Crippen molar-refractivity contribution in [3.8, 4) is 0 Å². The number of carbonyl (C=O) groups is 1. The van der Waals surface area contributed by atoms with E-state index in [2.05, 4.69) is 0 Å².